The van der Waals surface area contributed by atoms with E-state index < -0.39 is 0 Å². The maximum atomic E-state index is 11.1. The summed E-state index contributed by atoms with van der Waals surface area (Å²) in [7, 11) is 0. The predicted molar refractivity (Wildman–Crippen MR) is 64.0 cm³/mol. The summed E-state index contributed by atoms with van der Waals surface area (Å²) in [6, 6.07) is 0. The Kier molecular flexibility index (Phi) is 7.76. The van der Waals surface area contributed by atoms with E-state index in [0.29, 0.717) is 13.0 Å². The first-order valence-corrected chi connectivity index (χ1v) is 5.22. The van der Waals surface area contributed by atoms with Gasteiger partial charge in [0.25, 0.3) is 0 Å². The maximum Gasteiger partial charge on any atom is 0.330 e. The van der Waals surface area contributed by atoms with Crippen molar-refractivity contribution in [2.75, 3.05) is 6.61 Å². The number of esters is 1. The summed E-state index contributed by atoms with van der Waals surface area (Å²) < 4.78 is 4.77. The molecular formula is C13H18O3. The molecular weight excluding hydrogens is 204 g/mol. The monoisotopic (exact) mass is 222 g/mol. The zero-order chi connectivity index (χ0) is 12.4. The molecule has 88 valence electrons. The van der Waals surface area contributed by atoms with Gasteiger partial charge in [-0.1, -0.05) is 23.8 Å². The third-order valence-corrected chi connectivity index (χ3v) is 1.78. The molecule has 0 rings (SSSR count). The highest BCUT2D eigenvalue weighted by Crippen LogP contribution is 2.00. The van der Waals surface area contributed by atoms with E-state index in [4.69, 9.17) is 4.74 Å². The molecule has 0 aliphatic heterocycles. The minimum atomic E-state index is -0.335. The second-order valence-electron chi connectivity index (χ2n) is 3.38. The molecule has 0 spiro atoms. The number of aldehydes is 1. The Labute approximate surface area is 96.5 Å². The van der Waals surface area contributed by atoms with E-state index in [2.05, 4.69) is 0 Å². The molecule has 3 heteroatoms. The standard InChI is InChI=1S/C13H18O3/c1-4-16-13(15)10-12(3)7-5-6-11(2)8-9-14/h5-7,9-10H,4,8H2,1-3H3/b7-5+,11-6+,12-10+. The lowest BCUT2D eigenvalue weighted by molar-refractivity contribution is -0.137. The Bertz CT molecular complexity index is 322. The molecule has 16 heavy (non-hydrogen) atoms. The second-order valence-corrected chi connectivity index (χ2v) is 3.38. The van der Waals surface area contributed by atoms with Gasteiger partial charge in [-0.25, -0.2) is 4.79 Å². The van der Waals surface area contributed by atoms with Crippen molar-refractivity contribution in [2.24, 2.45) is 0 Å². The highest BCUT2D eigenvalue weighted by atomic mass is 16.5. The van der Waals surface area contributed by atoms with Crippen LogP contribution >= 0.6 is 0 Å². The van der Waals surface area contributed by atoms with Crippen LogP contribution in [0.3, 0.4) is 0 Å². The lowest BCUT2D eigenvalue weighted by atomic mass is 10.2. The van der Waals surface area contributed by atoms with E-state index >= 15 is 0 Å². The SMILES string of the molecule is CCOC(=O)/C=C(C)/C=C/C=C(\C)CC=O. The van der Waals surface area contributed by atoms with Gasteiger partial charge in [0.2, 0.25) is 0 Å². The highest BCUT2D eigenvalue weighted by molar-refractivity contribution is 5.83. The van der Waals surface area contributed by atoms with Crippen LogP contribution in [-0.2, 0) is 14.3 Å². The molecule has 0 aromatic heterocycles. The second kappa shape index (κ2) is 8.65. The van der Waals surface area contributed by atoms with Crippen molar-refractivity contribution in [1.82, 2.24) is 0 Å². The summed E-state index contributed by atoms with van der Waals surface area (Å²) in [5, 5.41) is 0. The number of rotatable bonds is 6. The molecule has 0 unspecified atom stereocenters. The van der Waals surface area contributed by atoms with Crippen molar-refractivity contribution in [3.8, 4) is 0 Å². The normalized spacial score (nSPS) is 12.9. The van der Waals surface area contributed by atoms with Gasteiger partial charge >= 0.3 is 5.97 Å². The zero-order valence-corrected chi connectivity index (χ0v) is 10.0. The van der Waals surface area contributed by atoms with E-state index in [1.54, 1.807) is 13.0 Å². The van der Waals surface area contributed by atoms with Crippen molar-refractivity contribution in [1.29, 1.82) is 0 Å². The van der Waals surface area contributed by atoms with E-state index in [-0.39, 0.29) is 5.97 Å². The van der Waals surface area contributed by atoms with Crippen LogP contribution in [0.25, 0.3) is 0 Å². The van der Waals surface area contributed by atoms with Crippen LogP contribution in [0, 0.1) is 0 Å². The Balaban J connectivity index is 4.27. The summed E-state index contributed by atoms with van der Waals surface area (Å²) in [4.78, 5) is 21.3. The number of hydrogen-bond donors (Lipinski definition) is 0. The first-order chi connectivity index (χ1) is 7.60. The fourth-order valence-corrected chi connectivity index (χ4v) is 0.982. The lowest BCUT2D eigenvalue weighted by Gasteiger charge is -1.96. The molecule has 0 bridgehead atoms. The average Bonchev–Trinajstić information content (AvgIpc) is 2.18. The van der Waals surface area contributed by atoms with E-state index in [9.17, 15) is 9.59 Å². The Morgan fingerprint density at radius 2 is 2.00 bits per heavy atom. The number of hydrogen-bond acceptors (Lipinski definition) is 3. The van der Waals surface area contributed by atoms with Crippen LogP contribution in [0.5, 0.6) is 0 Å². The Morgan fingerprint density at radius 1 is 1.31 bits per heavy atom. The van der Waals surface area contributed by atoms with Gasteiger partial charge in [0, 0.05) is 12.5 Å². The van der Waals surface area contributed by atoms with Crippen molar-refractivity contribution in [3.63, 3.8) is 0 Å². The number of carbonyl (C=O) groups excluding carboxylic acids is 2. The Hall–Kier alpha value is -1.64. The fourth-order valence-electron chi connectivity index (χ4n) is 0.982. The average molecular weight is 222 g/mol. The van der Waals surface area contributed by atoms with E-state index in [0.717, 1.165) is 17.4 Å². The minimum Gasteiger partial charge on any atom is -0.463 e. The number of allylic oxidation sites excluding steroid dienone is 5. The van der Waals surface area contributed by atoms with Gasteiger partial charge in [-0.15, -0.1) is 0 Å². The fraction of sp³-hybridized carbons (Fsp3) is 0.385. The van der Waals surface area contributed by atoms with Crippen molar-refractivity contribution in [2.45, 2.75) is 27.2 Å². The summed E-state index contributed by atoms with van der Waals surface area (Å²) in [6.07, 6.45) is 8.18. The molecule has 0 aliphatic carbocycles. The van der Waals surface area contributed by atoms with Gasteiger partial charge in [-0.05, 0) is 26.3 Å². The summed E-state index contributed by atoms with van der Waals surface area (Å²) in [5.74, 6) is -0.335. The van der Waals surface area contributed by atoms with Gasteiger partial charge in [0.1, 0.15) is 6.29 Å². The summed E-state index contributed by atoms with van der Waals surface area (Å²) in [6.45, 7) is 5.84. The van der Waals surface area contributed by atoms with Crippen LogP contribution in [0.4, 0.5) is 0 Å². The topological polar surface area (TPSA) is 43.4 Å². The molecule has 0 saturated carbocycles. The summed E-state index contributed by atoms with van der Waals surface area (Å²) in [5.41, 5.74) is 1.80. The molecule has 0 fully saturated rings. The van der Waals surface area contributed by atoms with Crippen LogP contribution in [0.2, 0.25) is 0 Å². The maximum absolute atomic E-state index is 11.1. The Morgan fingerprint density at radius 3 is 2.56 bits per heavy atom. The molecule has 0 aromatic carbocycles. The number of carbonyl (C=O) groups is 2. The van der Waals surface area contributed by atoms with Gasteiger partial charge < -0.3 is 9.53 Å². The van der Waals surface area contributed by atoms with Crippen molar-refractivity contribution in [3.05, 3.63) is 35.5 Å². The van der Waals surface area contributed by atoms with Gasteiger partial charge in [0.15, 0.2) is 0 Å². The van der Waals surface area contributed by atoms with Crippen molar-refractivity contribution < 1.29 is 14.3 Å². The predicted octanol–water partition coefficient (Wildman–Crippen LogP) is 2.59. The third kappa shape index (κ3) is 7.74. The molecule has 0 radical (unpaired) electrons. The molecule has 0 aliphatic rings. The van der Waals surface area contributed by atoms with Crippen LogP contribution in [0.1, 0.15) is 27.2 Å². The van der Waals surface area contributed by atoms with E-state index in [1.165, 1.54) is 6.08 Å². The van der Waals surface area contributed by atoms with Crippen LogP contribution in [-0.4, -0.2) is 18.9 Å². The first kappa shape index (κ1) is 14.4. The highest BCUT2D eigenvalue weighted by Gasteiger charge is 1.94. The van der Waals surface area contributed by atoms with Gasteiger partial charge in [-0.2, -0.15) is 0 Å². The quantitative estimate of drug-likeness (QED) is 0.300. The lowest BCUT2D eigenvalue weighted by Crippen LogP contribution is -1.99. The molecule has 0 amide bonds. The largest absolute Gasteiger partial charge is 0.463 e. The number of ether oxygens (including phenoxy) is 1. The van der Waals surface area contributed by atoms with Gasteiger partial charge in [-0.3, -0.25) is 0 Å². The summed E-state index contributed by atoms with van der Waals surface area (Å²) >= 11 is 0. The third-order valence-electron chi connectivity index (χ3n) is 1.78. The molecule has 0 saturated heterocycles. The molecule has 0 N–H and O–H groups in total. The molecule has 0 aromatic rings. The molecule has 0 heterocycles. The molecule has 3 nitrogen and oxygen atoms in total. The minimum absolute atomic E-state index is 0.335. The van der Waals surface area contributed by atoms with Gasteiger partial charge in [0.05, 0.1) is 6.61 Å². The smallest absolute Gasteiger partial charge is 0.330 e. The molecule has 0 atom stereocenters. The van der Waals surface area contributed by atoms with Crippen molar-refractivity contribution >= 4 is 12.3 Å². The van der Waals surface area contributed by atoms with Crippen LogP contribution < -0.4 is 0 Å². The van der Waals surface area contributed by atoms with E-state index in [1.807, 2.05) is 26.0 Å². The van der Waals surface area contributed by atoms with Crippen LogP contribution in [0.15, 0.2) is 35.5 Å². The zero-order valence-electron chi connectivity index (χ0n) is 10.0. The first-order valence-electron chi connectivity index (χ1n) is 5.22.